The number of carbonyl (C=O) groups is 1. The molecule has 0 radical (unpaired) electrons. The second-order valence-electron chi connectivity index (χ2n) is 4.77. The number of fused-ring (bicyclic) bond motifs is 1. The molecule has 2 rings (SSSR count). The lowest BCUT2D eigenvalue weighted by molar-refractivity contribution is -0.161. The first-order valence-corrected chi connectivity index (χ1v) is 6.72. The van der Waals surface area contributed by atoms with Crippen LogP contribution in [0.1, 0.15) is 12.6 Å². The second kappa shape index (κ2) is 4.98. The first-order valence-electron chi connectivity index (χ1n) is 5.92. The van der Waals surface area contributed by atoms with E-state index in [1.807, 2.05) is 35.8 Å². The summed E-state index contributed by atoms with van der Waals surface area (Å²) < 4.78 is 7.52. The van der Waals surface area contributed by atoms with Crippen molar-refractivity contribution in [3.05, 3.63) is 34.4 Å². The number of hydrogen-bond acceptors (Lipinski definition) is 3. The summed E-state index contributed by atoms with van der Waals surface area (Å²) in [5, 5.41) is 11.3. The van der Waals surface area contributed by atoms with E-state index in [-0.39, 0.29) is 6.54 Å². The predicted octanol–water partition coefficient (Wildman–Crippen LogP) is 2.64. The molecule has 2 aromatic rings. The number of para-hydroxylation sites is 1. The SMILES string of the molecule is COC(=O)C(C)(O)Cn1c(C)c(Br)c2ccccc21. The smallest absolute Gasteiger partial charge is 0.339 e. The van der Waals surface area contributed by atoms with E-state index < -0.39 is 11.6 Å². The summed E-state index contributed by atoms with van der Waals surface area (Å²) in [5.41, 5.74) is 0.377. The summed E-state index contributed by atoms with van der Waals surface area (Å²) in [5.74, 6) is -0.638. The average Bonchev–Trinajstić information content (AvgIpc) is 2.63. The quantitative estimate of drug-likeness (QED) is 0.882. The highest BCUT2D eigenvalue weighted by Crippen LogP contribution is 2.31. The van der Waals surface area contributed by atoms with Gasteiger partial charge in [0.1, 0.15) is 0 Å². The summed E-state index contributed by atoms with van der Waals surface area (Å²) in [6.07, 6.45) is 0. The molecule has 102 valence electrons. The Morgan fingerprint density at radius 2 is 2.11 bits per heavy atom. The summed E-state index contributed by atoms with van der Waals surface area (Å²) in [6.45, 7) is 3.55. The van der Waals surface area contributed by atoms with Crippen LogP contribution >= 0.6 is 15.9 Å². The number of esters is 1. The lowest BCUT2D eigenvalue weighted by Crippen LogP contribution is -2.40. The minimum atomic E-state index is -1.55. The fraction of sp³-hybridized carbons (Fsp3) is 0.357. The molecular weight excluding hydrogens is 310 g/mol. The van der Waals surface area contributed by atoms with E-state index in [2.05, 4.69) is 20.7 Å². The molecule has 0 aliphatic heterocycles. The zero-order chi connectivity index (χ0) is 14.2. The van der Waals surface area contributed by atoms with Gasteiger partial charge < -0.3 is 14.4 Å². The van der Waals surface area contributed by atoms with Gasteiger partial charge in [-0.15, -0.1) is 0 Å². The van der Waals surface area contributed by atoms with Gasteiger partial charge in [-0.1, -0.05) is 18.2 Å². The molecule has 4 nitrogen and oxygen atoms in total. The predicted molar refractivity (Wildman–Crippen MR) is 77.0 cm³/mol. The molecule has 0 bridgehead atoms. The van der Waals surface area contributed by atoms with Crippen LogP contribution in [-0.2, 0) is 16.1 Å². The lowest BCUT2D eigenvalue weighted by atomic mass is 10.1. The van der Waals surface area contributed by atoms with Crippen LogP contribution in [0.4, 0.5) is 0 Å². The molecule has 0 aliphatic rings. The van der Waals surface area contributed by atoms with E-state index >= 15 is 0 Å². The van der Waals surface area contributed by atoms with E-state index in [1.54, 1.807) is 0 Å². The first-order chi connectivity index (χ1) is 8.88. The van der Waals surface area contributed by atoms with Crippen molar-refractivity contribution >= 4 is 32.8 Å². The third-order valence-corrected chi connectivity index (χ3v) is 4.25. The van der Waals surface area contributed by atoms with Crippen molar-refractivity contribution in [2.75, 3.05) is 7.11 Å². The Labute approximate surface area is 120 Å². The molecule has 0 saturated carbocycles. The lowest BCUT2D eigenvalue weighted by Gasteiger charge is -2.22. The van der Waals surface area contributed by atoms with Crippen molar-refractivity contribution in [2.24, 2.45) is 0 Å². The molecule has 1 aromatic heterocycles. The standard InChI is InChI=1S/C14H16BrNO3/c1-9-12(15)10-6-4-5-7-11(10)16(9)8-14(2,18)13(17)19-3/h4-7,18H,8H2,1-3H3. The van der Waals surface area contributed by atoms with Gasteiger partial charge >= 0.3 is 5.97 Å². The van der Waals surface area contributed by atoms with Crippen LogP contribution in [0.15, 0.2) is 28.7 Å². The first kappa shape index (κ1) is 14.1. The van der Waals surface area contributed by atoms with Gasteiger partial charge in [0.25, 0.3) is 0 Å². The highest BCUT2D eigenvalue weighted by Gasteiger charge is 2.33. The van der Waals surface area contributed by atoms with Crippen LogP contribution in [0.25, 0.3) is 10.9 Å². The Hall–Kier alpha value is -1.33. The number of aromatic nitrogens is 1. The third kappa shape index (κ3) is 2.40. The Balaban J connectivity index is 2.52. The maximum absolute atomic E-state index is 11.6. The number of aliphatic hydroxyl groups is 1. The molecular formula is C14H16BrNO3. The number of benzene rings is 1. The van der Waals surface area contributed by atoms with Crippen LogP contribution < -0.4 is 0 Å². The van der Waals surface area contributed by atoms with Crippen molar-refractivity contribution in [2.45, 2.75) is 26.0 Å². The normalized spacial score (nSPS) is 14.4. The minimum absolute atomic E-state index is 0.150. The van der Waals surface area contributed by atoms with Crippen molar-refractivity contribution in [1.29, 1.82) is 0 Å². The molecule has 1 atom stereocenters. The summed E-state index contributed by atoms with van der Waals surface area (Å²) >= 11 is 3.54. The fourth-order valence-corrected chi connectivity index (χ4v) is 2.73. The van der Waals surface area contributed by atoms with Crippen molar-refractivity contribution in [3.63, 3.8) is 0 Å². The molecule has 0 amide bonds. The van der Waals surface area contributed by atoms with Gasteiger partial charge in [-0.3, -0.25) is 0 Å². The fourth-order valence-electron chi connectivity index (χ4n) is 2.18. The highest BCUT2D eigenvalue weighted by molar-refractivity contribution is 9.10. The van der Waals surface area contributed by atoms with Crippen LogP contribution in [0.3, 0.4) is 0 Å². The monoisotopic (exact) mass is 325 g/mol. The Morgan fingerprint density at radius 3 is 2.74 bits per heavy atom. The topological polar surface area (TPSA) is 51.5 Å². The zero-order valence-corrected chi connectivity index (χ0v) is 12.7. The minimum Gasteiger partial charge on any atom is -0.467 e. The van der Waals surface area contributed by atoms with Gasteiger partial charge in [0, 0.05) is 21.1 Å². The van der Waals surface area contributed by atoms with Gasteiger partial charge in [-0.25, -0.2) is 4.79 Å². The molecule has 1 heterocycles. The van der Waals surface area contributed by atoms with Gasteiger partial charge in [0.05, 0.1) is 13.7 Å². The molecule has 1 N–H and O–H groups in total. The molecule has 1 aromatic carbocycles. The molecule has 0 fully saturated rings. The molecule has 0 saturated heterocycles. The van der Waals surface area contributed by atoms with Crippen LogP contribution in [0.5, 0.6) is 0 Å². The largest absolute Gasteiger partial charge is 0.467 e. The molecule has 0 spiro atoms. The van der Waals surface area contributed by atoms with Gasteiger partial charge in [-0.2, -0.15) is 0 Å². The molecule has 19 heavy (non-hydrogen) atoms. The van der Waals surface area contributed by atoms with Crippen LogP contribution in [0.2, 0.25) is 0 Å². The van der Waals surface area contributed by atoms with E-state index in [4.69, 9.17) is 0 Å². The molecule has 5 heteroatoms. The number of ether oxygens (including phenoxy) is 1. The Kier molecular flexibility index (Phi) is 3.69. The van der Waals surface area contributed by atoms with E-state index in [9.17, 15) is 9.90 Å². The van der Waals surface area contributed by atoms with Crippen molar-refractivity contribution in [1.82, 2.24) is 4.57 Å². The van der Waals surface area contributed by atoms with E-state index in [1.165, 1.54) is 14.0 Å². The number of methoxy groups -OCH3 is 1. The highest BCUT2D eigenvalue weighted by atomic mass is 79.9. The van der Waals surface area contributed by atoms with Crippen LogP contribution in [-0.4, -0.2) is 28.4 Å². The maximum Gasteiger partial charge on any atom is 0.339 e. The zero-order valence-electron chi connectivity index (χ0n) is 11.1. The molecule has 0 aliphatic carbocycles. The van der Waals surface area contributed by atoms with Gasteiger partial charge in [-0.05, 0) is 35.8 Å². The van der Waals surface area contributed by atoms with Gasteiger partial charge in [0.2, 0.25) is 0 Å². The summed E-state index contributed by atoms with van der Waals surface area (Å²) in [7, 11) is 1.27. The Bertz CT molecular complexity index is 631. The van der Waals surface area contributed by atoms with Crippen molar-refractivity contribution in [3.8, 4) is 0 Å². The number of rotatable bonds is 3. The summed E-state index contributed by atoms with van der Waals surface area (Å²) in [6, 6.07) is 7.84. The van der Waals surface area contributed by atoms with E-state index in [0.29, 0.717) is 0 Å². The molecule has 1 unspecified atom stereocenters. The second-order valence-corrected chi connectivity index (χ2v) is 5.56. The average molecular weight is 326 g/mol. The number of halogens is 1. The maximum atomic E-state index is 11.6. The Morgan fingerprint density at radius 1 is 1.47 bits per heavy atom. The van der Waals surface area contributed by atoms with Crippen LogP contribution in [0, 0.1) is 6.92 Å². The van der Waals surface area contributed by atoms with Gasteiger partial charge in [0.15, 0.2) is 5.60 Å². The number of carbonyl (C=O) groups excluding carboxylic acids is 1. The summed E-state index contributed by atoms with van der Waals surface area (Å²) in [4.78, 5) is 11.6. The third-order valence-electron chi connectivity index (χ3n) is 3.24. The number of hydrogen-bond donors (Lipinski definition) is 1. The van der Waals surface area contributed by atoms with E-state index in [0.717, 1.165) is 21.1 Å². The van der Waals surface area contributed by atoms with Crippen molar-refractivity contribution < 1.29 is 14.6 Å². The number of nitrogens with zero attached hydrogens (tertiary/aromatic N) is 1.